The Balaban J connectivity index is 1.42. The van der Waals surface area contributed by atoms with Crippen molar-refractivity contribution in [3.63, 3.8) is 0 Å². The largest absolute Gasteiger partial charge is 0.367 e. The third kappa shape index (κ3) is 3.69. The van der Waals surface area contributed by atoms with Crippen molar-refractivity contribution in [1.82, 2.24) is 25.1 Å². The van der Waals surface area contributed by atoms with Gasteiger partial charge in [-0.15, -0.1) is 5.10 Å². The van der Waals surface area contributed by atoms with Gasteiger partial charge in [0.25, 0.3) is 0 Å². The summed E-state index contributed by atoms with van der Waals surface area (Å²) in [6, 6.07) is 17.9. The Morgan fingerprint density at radius 1 is 0.867 bits per heavy atom. The number of nitrogens with zero attached hydrogens (tertiary/aromatic N) is 6. The molecule has 2 aromatic carbocycles. The van der Waals surface area contributed by atoms with Crippen molar-refractivity contribution in [3.05, 3.63) is 71.8 Å². The summed E-state index contributed by atoms with van der Waals surface area (Å²) in [7, 11) is 0. The zero-order valence-corrected chi connectivity index (χ0v) is 17.1. The molecule has 1 unspecified atom stereocenters. The number of piperazine rings is 1. The predicted octanol–water partition coefficient (Wildman–Crippen LogP) is 3.84. The molecule has 2 heterocycles. The van der Waals surface area contributed by atoms with Crippen molar-refractivity contribution in [3.8, 4) is 0 Å². The maximum absolute atomic E-state index is 14.3. The summed E-state index contributed by atoms with van der Waals surface area (Å²) in [5.41, 5.74) is 1.88. The van der Waals surface area contributed by atoms with Gasteiger partial charge in [0, 0.05) is 26.2 Å². The SMILES string of the molecule is Fc1ccccc1N1CCN(C(c2ccccc2)c2nnnn2C2CCCC2)CC1. The molecular weight excluding hydrogens is 379 g/mol. The number of rotatable bonds is 5. The number of benzene rings is 2. The average molecular weight is 407 g/mol. The molecule has 1 aromatic heterocycles. The van der Waals surface area contributed by atoms with Crippen LogP contribution >= 0.6 is 0 Å². The van der Waals surface area contributed by atoms with E-state index in [9.17, 15) is 4.39 Å². The van der Waals surface area contributed by atoms with Gasteiger partial charge in [-0.05, 0) is 41.0 Å². The Morgan fingerprint density at radius 3 is 2.30 bits per heavy atom. The van der Waals surface area contributed by atoms with Gasteiger partial charge < -0.3 is 4.90 Å². The van der Waals surface area contributed by atoms with Crippen LogP contribution in [-0.2, 0) is 0 Å². The topological polar surface area (TPSA) is 50.1 Å². The second-order valence-corrected chi connectivity index (χ2v) is 8.21. The Morgan fingerprint density at radius 2 is 1.57 bits per heavy atom. The minimum atomic E-state index is -0.157. The number of tetrazole rings is 1. The van der Waals surface area contributed by atoms with Crippen LogP contribution in [0.5, 0.6) is 0 Å². The Labute approximate surface area is 176 Å². The van der Waals surface area contributed by atoms with Gasteiger partial charge in [-0.2, -0.15) is 0 Å². The fourth-order valence-corrected chi connectivity index (χ4v) is 4.88. The quantitative estimate of drug-likeness (QED) is 0.644. The van der Waals surface area contributed by atoms with E-state index < -0.39 is 0 Å². The summed E-state index contributed by atoms with van der Waals surface area (Å²) in [5, 5.41) is 12.9. The van der Waals surface area contributed by atoms with Gasteiger partial charge >= 0.3 is 0 Å². The standard InChI is InChI=1S/C23H27FN6/c24-20-12-6-7-13-21(20)28-14-16-29(17-15-28)22(18-8-2-1-3-9-18)23-25-26-27-30(23)19-10-4-5-11-19/h1-3,6-9,12-13,19,22H,4-5,10-11,14-17H2. The molecule has 2 aliphatic rings. The van der Waals surface area contributed by atoms with E-state index in [0.29, 0.717) is 11.7 Å². The van der Waals surface area contributed by atoms with Crippen LogP contribution in [0.15, 0.2) is 54.6 Å². The molecule has 0 spiro atoms. The summed E-state index contributed by atoms with van der Waals surface area (Å²) in [6.07, 6.45) is 4.75. The third-order valence-electron chi connectivity index (χ3n) is 6.42. The highest BCUT2D eigenvalue weighted by atomic mass is 19.1. The number of anilines is 1. The van der Waals surface area contributed by atoms with Crippen LogP contribution in [0.3, 0.4) is 0 Å². The molecule has 1 aliphatic heterocycles. The summed E-state index contributed by atoms with van der Waals surface area (Å²) in [5.74, 6) is 0.767. The molecular formula is C23H27FN6. The van der Waals surface area contributed by atoms with Crippen molar-refractivity contribution < 1.29 is 4.39 Å². The Bertz CT molecular complexity index is 961. The van der Waals surface area contributed by atoms with Gasteiger partial charge in [0.2, 0.25) is 0 Å². The highest BCUT2D eigenvalue weighted by Crippen LogP contribution is 2.34. The van der Waals surface area contributed by atoms with E-state index in [0.717, 1.165) is 44.8 Å². The lowest BCUT2D eigenvalue weighted by atomic mass is 10.0. The molecule has 0 bridgehead atoms. The summed E-state index contributed by atoms with van der Waals surface area (Å²) < 4.78 is 16.3. The van der Waals surface area contributed by atoms with E-state index in [1.165, 1.54) is 24.5 Å². The van der Waals surface area contributed by atoms with E-state index in [2.05, 4.69) is 54.3 Å². The molecule has 1 saturated heterocycles. The van der Waals surface area contributed by atoms with E-state index in [1.54, 1.807) is 6.07 Å². The lowest BCUT2D eigenvalue weighted by Gasteiger charge is -2.40. The van der Waals surface area contributed by atoms with Crippen LogP contribution in [0.1, 0.15) is 49.2 Å². The monoisotopic (exact) mass is 406 g/mol. The van der Waals surface area contributed by atoms with Crippen molar-refractivity contribution >= 4 is 5.69 Å². The first-order valence-electron chi connectivity index (χ1n) is 10.9. The molecule has 0 amide bonds. The van der Waals surface area contributed by atoms with E-state index in [1.807, 2.05) is 18.2 Å². The molecule has 5 rings (SSSR count). The predicted molar refractivity (Wildman–Crippen MR) is 114 cm³/mol. The number of hydrogen-bond donors (Lipinski definition) is 0. The van der Waals surface area contributed by atoms with E-state index >= 15 is 0 Å². The Hall–Kier alpha value is -2.80. The number of aromatic nitrogens is 4. The Kier molecular flexibility index (Phi) is 5.45. The first kappa shape index (κ1) is 19.2. The summed E-state index contributed by atoms with van der Waals surface area (Å²) in [4.78, 5) is 4.57. The fraction of sp³-hybridized carbons (Fsp3) is 0.435. The first-order chi connectivity index (χ1) is 14.8. The minimum Gasteiger partial charge on any atom is -0.367 e. The summed E-state index contributed by atoms with van der Waals surface area (Å²) in [6.45, 7) is 3.20. The van der Waals surface area contributed by atoms with E-state index in [4.69, 9.17) is 0 Å². The van der Waals surface area contributed by atoms with Crippen molar-refractivity contribution in [2.45, 2.75) is 37.8 Å². The lowest BCUT2D eigenvalue weighted by molar-refractivity contribution is 0.197. The molecule has 6 nitrogen and oxygen atoms in total. The second-order valence-electron chi connectivity index (χ2n) is 8.21. The zero-order valence-electron chi connectivity index (χ0n) is 17.1. The molecule has 1 saturated carbocycles. The molecule has 0 N–H and O–H groups in total. The molecule has 1 aliphatic carbocycles. The third-order valence-corrected chi connectivity index (χ3v) is 6.42. The maximum atomic E-state index is 14.3. The lowest BCUT2D eigenvalue weighted by Crippen LogP contribution is -2.48. The van der Waals surface area contributed by atoms with Crippen LogP contribution < -0.4 is 4.90 Å². The van der Waals surface area contributed by atoms with Crippen molar-refractivity contribution in [2.24, 2.45) is 0 Å². The average Bonchev–Trinajstić information content (AvgIpc) is 3.48. The van der Waals surface area contributed by atoms with Crippen molar-refractivity contribution in [1.29, 1.82) is 0 Å². The van der Waals surface area contributed by atoms with Gasteiger partial charge in [-0.25, -0.2) is 9.07 Å². The number of halogens is 1. The fourth-order valence-electron chi connectivity index (χ4n) is 4.88. The molecule has 2 fully saturated rings. The van der Waals surface area contributed by atoms with Crippen LogP contribution in [0.4, 0.5) is 10.1 Å². The van der Waals surface area contributed by atoms with Gasteiger partial charge in [-0.3, -0.25) is 4.90 Å². The molecule has 0 radical (unpaired) electrons. The number of hydrogen-bond acceptors (Lipinski definition) is 5. The van der Waals surface area contributed by atoms with Gasteiger partial charge in [0.1, 0.15) is 5.82 Å². The van der Waals surface area contributed by atoms with E-state index in [-0.39, 0.29) is 11.9 Å². The zero-order chi connectivity index (χ0) is 20.3. The molecule has 1 atom stereocenters. The van der Waals surface area contributed by atoms with Crippen LogP contribution in [-0.4, -0.2) is 51.3 Å². The smallest absolute Gasteiger partial charge is 0.173 e. The first-order valence-corrected chi connectivity index (χ1v) is 10.9. The van der Waals surface area contributed by atoms with Crippen LogP contribution in [0, 0.1) is 5.82 Å². The van der Waals surface area contributed by atoms with Crippen molar-refractivity contribution in [2.75, 3.05) is 31.1 Å². The van der Waals surface area contributed by atoms with Gasteiger partial charge in [0.15, 0.2) is 5.82 Å². The maximum Gasteiger partial charge on any atom is 0.173 e. The molecule has 30 heavy (non-hydrogen) atoms. The number of para-hydroxylation sites is 1. The molecule has 3 aromatic rings. The second kappa shape index (κ2) is 8.52. The molecule has 156 valence electrons. The van der Waals surface area contributed by atoms with Crippen LogP contribution in [0.2, 0.25) is 0 Å². The highest BCUT2D eigenvalue weighted by Gasteiger charge is 2.33. The highest BCUT2D eigenvalue weighted by molar-refractivity contribution is 5.48. The molecule has 7 heteroatoms. The van der Waals surface area contributed by atoms with Gasteiger partial charge in [0.05, 0.1) is 17.8 Å². The minimum absolute atomic E-state index is 0.00423. The normalized spacial score (nSPS) is 19.3. The van der Waals surface area contributed by atoms with Gasteiger partial charge in [-0.1, -0.05) is 55.3 Å². The van der Waals surface area contributed by atoms with Crippen LogP contribution in [0.25, 0.3) is 0 Å². The summed E-state index contributed by atoms with van der Waals surface area (Å²) >= 11 is 0.